The van der Waals surface area contributed by atoms with Crippen LogP contribution in [0.5, 0.6) is 0 Å². The Labute approximate surface area is 88.9 Å². The van der Waals surface area contributed by atoms with Gasteiger partial charge in [0.15, 0.2) is 0 Å². The molecule has 13 heavy (non-hydrogen) atoms. The molecular weight excluding hydrogens is 198 g/mol. The van der Waals surface area contributed by atoms with Gasteiger partial charge in [-0.25, -0.2) is 0 Å². The topological polar surface area (TPSA) is 12.0 Å². The van der Waals surface area contributed by atoms with Crippen molar-refractivity contribution in [3.63, 3.8) is 0 Å². The molecule has 0 fully saturated rings. The number of hydrogen-bond acceptors (Lipinski definition) is 3. The van der Waals surface area contributed by atoms with Crippen LogP contribution in [0.25, 0.3) is 0 Å². The second kappa shape index (κ2) is 6.46. The highest BCUT2D eigenvalue weighted by molar-refractivity contribution is 8.01. The van der Waals surface area contributed by atoms with E-state index >= 15 is 0 Å². The number of thioether (sulfide) groups is 1. The van der Waals surface area contributed by atoms with Crippen LogP contribution in [-0.2, 0) is 0 Å². The monoisotopic (exact) mass is 215 g/mol. The van der Waals surface area contributed by atoms with Gasteiger partial charge < -0.3 is 5.32 Å². The summed E-state index contributed by atoms with van der Waals surface area (Å²) in [7, 11) is 0. The Balaban J connectivity index is 2.07. The molecule has 1 heterocycles. The van der Waals surface area contributed by atoms with Crippen molar-refractivity contribution in [1.82, 2.24) is 5.32 Å². The number of thiophene rings is 1. The molecule has 1 aromatic rings. The third-order valence-corrected chi connectivity index (χ3v) is 4.01. The second-order valence-corrected chi connectivity index (χ2v) is 5.37. The average Bonchev–Trinajstić information content (AvgIpc) is 2.57. The summed E-state index contributed by atoms with van der Waals surface area (Å²) >= 11 is 3.79. The molecule has 0 saturated heterocycles. The summed E-state index contributed by atoms with van der Waals surface area (Å²) in [6.07, 6.45) is 1.25. The lowest BCUT2D eigenvalue weighted by atomic mass is 10.3. The van der Waals surface area contributed by atoms with Crippen molar-refractivity contribution in [2.45, 2.75) is 30.5 Å². The normalized spacial score (nSPS) is 13.1. The van der Waals surface area contributed by atoms with Crippen LogP contribution < -0.4 is 5.32 Å². The van der Waals surface area contributed by atoms with Crippen molar-refractivity contribution >= 4 is 23.1 Å². The Bertz CT molecular complexity index is 209. The summed E-state index contributed by atoms with van der Waals surface area (Å²) < 4.78 is 1.43. The molecule has 0 spiro atoms. The van der Waals surface area contributed by atoms with Crippen LogP contribution in [0.1, 0.15) is 20.3 Å². The van der Waals surface area contributed by atoms with Gasteiger partial charge in [-0.15, -0.1) is 23.1 Å². The molecule has 1 N–H and O–H groups in total. The van der Waals surface area contributed by atoms with Crippen molar-refractivity contribution in [2.24, 2.45) is 0 Å². The van der Waals surface area contributed by atoms with Crippen molar-refractivity contribution in [2.75, 3.05) is 12.3 Å². The molecule has 74 valence electrons. The molecule has 1 atom stereocenters. The van der Waals surface area contributed by atoms with E-state index in [4.69, 9.17) is 0 Å². The van der Waals surface area contributed by atoms with Gasteiger partial charge in [-0.1, -0.05) is 13.0 Å². The molecule has 0 aliphatic heterocycles. The molecule has 0 amide bonds. The van der Waals surface area contributed by atoms with E-state index in [2.05, 4.69) is 36.7 Å². The smallest absolute Gasteiger partial charge is 0.0598 e. The largest absolute Gasteiger partial charge is 0.315 e. The first-order chi connectivity index (χ1) is 6.33. The lowest BCUT2D eigenvalue weighted by Crippen LogP contribution is -2.25. The molecule has 1 nitrogen and oxygen atoms in total. The number of nitrogens with one attached hydrogen (secondary N) is 1. The maximum Gasteiger partial charge on any atom is 0.0598 e. The third-order valence-electron chi connectivity index (χ3n) is 1.84. The third kappa shape index (κ3) is 4.69. The van der Waals surface area contributed by atoms with Crippen LogP contribution in [0, 0.1) is 0 Å². The SMILES string of the molecule is CCNC(C)CCSc1cccs1. The summed E-state index contributed by atoms with van der Waals surface area (Å²) in [5, 5.41) is 5.55. The zero-order valence-corrected chi connectivity index (χ0v) is 9.88. The zero-order chi connectivity index (χ0) is 9.52. The quantitative estimate of drug-likeness (QED) is 0.731. The fourth-order valence-electron chi connectivity index (χ4n) is 1.13. The van der Waals surface area contributed by atoms with Crippen LogP contribution in [0.3, 0.4) is 0 Å². The molecular formula is C10H17NS2. The van der Waals surface area contributed by atoms with E-state index in [9.17, 15) is 0 Å². The van der Waals surface area contributed by atoms with Gasteiger partial charge in [-0.05, 0) is 31.3 Å². The van der Waals surface area contributed by atoms with Crippen LogP contribution in [0.15, 0.2) is 21.7 Å². The molecule has 0 radical (unpaired) electrons. The highest BCUT2D eigenvalue weighted by Gasteiger charge is 2.00. The van der Waals surface area contributed by atoms with Gasteiger partial charge in [0.05, 0.1) is 4.21 Å². The second-order valence-electron chi connectivity index (χ2n) is 3.03. The molecule has 0 aliphatic rings. The van der Waals surface area contributed by atoms with Crippen molar-refractivity contribution < 1.29 is 0 Å². The van der Waals surface area contributed by atoms with Crippen LogP contribution in [0.4, 0.5) is 0 Å². The summed E-state index contributed by atoms with van der Waals surface area (Å²) in [4.78, 5) is 0. The first-order valence-electron chi connectivity index (χ1n) is 4.72. The molecule has 0 bridgehead atoms. The Morgan fingerprint density at radius 1 is 1.62 bits per heavy atom. The fourth-order valence-corrected chi connectivity index (χ4v) is 3.12. The summed E-state index contributed by atoms with van der Waals surface area (Å²) in [6, 6.07) is 4.95. The standard InChI is InChI=1S/C10H17NS2/c1-3-11-9(2)6-8-13-10-5-4-7-12-10/h4-5,7,9,11H,3,6,8H2,1-2H3. The Hall–Kier alpha value is 0.01000. The maximum atomic E-state index is 3.42. The van der Waals surface area contributed by atoms with Crippen LogP contribution in [0.2, 0.25) is 0 Å². The highest BCUT2D eigenvalue weighted by Crippen LogP contribution is 2.24. The summed E-state index contributed by atoms with van der Waals surface area (Å²) in [6.45, 7) is 5.48. The number of rotatable bonds is 6. The summed E-state index contributed by atoms with van der Waals surface area (Å²) in [5.74, 6) is 1.22. The minimum Gasteiger partial charge on any atom is -0.315 e. The molecule has 0 aliphatic carbocycles. The van der Waals surface area contributed by atoms with Gasteiger partial charge in [0, 0.05) is 11.8 Å². The molecule has 1 rings (SSSR count). The Morgan fingerprint density at radius 2 is 2.46 bits per heavy atom. The van der Waals surface area contributed by atoms with Gasteiger partial charge in [0.1, 0.15) is 0 Å². The zero-order valence-electron chi connectivity index (χ0n) is 8.25. The lowest BCUT2D eigenvalue weighted by molar-refractivity contribution is 0.556. The van der Waals surface area contributed by atoms with E-state index in [1.165, 1.54) is 16.4 Å². The molecule has 0 aromatic carbocycles. The van der Waals surface area contributed by atoms with Gasteiger partial charge in [0.25, 0.3) is 0 Å². The van der Waals surface area contributed by atoms with Crippen molar-refractivity contribution in [1.29, 1.82) is 0 Å². The summed E-state index contributed by atoms with van der Waals surface area (Å²) in [5.41, 5.74) is 0. The lowest BCUT2D eigenvalue weighted by Gasteiger charge is -2.10. The van der Waals surface area contributed by atoms with Crippen LogP contribution in [-0.4, -0.2) is 18.3 Å². The van der Waals surface area contributed by atoms with Gasteiger partial charge in [-0.3, -0.25) is 0 Å². The van der Waals surface area contributed by atoms with E-state index in [0.29, 0.717) is 6.04 Å². The minimum atomic E-state index is 0.650. The number of hydrogen-bond donors (Lipinski definition) is 1. The van der Waals surface area contributed by atoms with Gasteiger partial charge >= 0.3 is 0 Å². The minimum absolute atomic E-state index is 0.650. The average molecular weight is 215 g/mol. The first-order valence-corrected chi connectivity index (χ1v) is 6.59. The van der Waals surface area contributed by atoms with Crippen molar-refractivity contribution in [3.8, 4) is 0 Å². The predicted octanol–water partition coefficient (Wildman–Crippen LogP) is 3.23. The van der Waals surface area contributed by atoms with Crippen LogP contribution >= 0.6 is 23.1 Å². The van der Waals surface area contributed by atoms with E-state index < -0.39 is 0 Å². The highest BCUT2D eigenvalue weighted by atomic mass is 32.2. The van der Waals surface area contributed by atoms with E-state index in [-0.39, 0.29) is 0 Å². The maximum absolute atomic E-state index is 3.42. The van der Waals surface area contributed by atoms with Crippen molar-refractivity contribution in [3.05, 3.63) is 17.5 Å². The van der Waals surface area contributed by atoms with Gasteiger partial charge in [-0.2, -0.15) is 0 Å². The molecule has 1 aromatic heterocycles. The molecule has 3 heteroatoms. The van der Waals surface area contributed by atoms with E-state index in [0.717, 1.165) is 6.54 Å². The fraction of sp³-hybridized carbons (Fsp3) is 0.600. The van der Waals surface area contributed by atoms with E-state index in [1.807, 2.05) is 23.1 Å². The first kappa shape index (κ1) is 11.1. The van der Waals surface area contributed by atoms with Gasteiger partial charge in [0.2, 0.25) is 0 Å². The van der Waals surface area contributed by atoms with E-state index in [1.54, 1.807) is 0 Å². The predicted molar refractivity (Wildman–Crippen MR) is 62.8 cm³/mol. The Kier molecular flexibility index (Phi) is 5.51. The molecule has 1 unspecified atom stereocenters. The molecule has 0 saturated carbocycles. The Morgan fingerprint density at radius 3 is 3.08 bits per heavy atom.